The first-order valence-corrected chi connectivity index (χ1v) is 6.45. The fourth-order valence-electron chi connectivity index (χ4n) is 1.99. The highest BCUT2D eigenvalue weighted by Gasteiger charge is 2.20. The molecule has 0 bridgehead atoms. The van der Waals surface area contributed by atoms with Crippen molar-refractivity contribution in [2.45, 2.75) is 0 Å². The first-order valence-electron chi connectivity index (χ1n) is 6.45. The minimum Gasteiger partial charge on any atom is -0.341 e. The Balaban J connectivity index is 1.77. The minimum absolute atomic E-state index is 0.219. The van der Waals surface area contributed by atoms with Gasteiger partial charge in [-0.3, -0.25) is 15.0 Å². The Hall–Kier alpha value is -2.22. The van der Waals surface area contributed by atoms with Crippen molar-refractivity contribution in [2.24, 2.45) is 0 Å². The summed E-state index contributed by atoms with van der Waals surface area (Å²) < 4.78 is 0. The van der Waals surface area contributed by atoms with Gasteiger partial charge in [-0.1, -0.05) is 0 Å². The van der Waals surface area contributed by atoms with Crippen molar-refractivity contribution in [3.63, 3.8) is 0 Å². The van der Waals surface area contributed by atoms with Crippen LogP contribution in [0.25, 0.3) is 0 Å². The van der Waals surface area contributed by atoms with E-state index in [1.807, 2.05) is 4.90 Å². The smallest absolute Gasteiger partial charge is 0.321 e. The fraction of sp³-hybridized carbons (Fsp3) is 0.500. The van der Waals surface area contributed by atoms with E-state index in [-0.39, 0.29) is 12.5 Å². The Morgan fingerprint density at radius 2 is 1.85 bits per heavy atom. The van der Waals surface area contributed by atoms with E-state index in [0.717, 1.165) is 26.2 Å². The molecule has 20 heavy (non-hydrogen) atoms. The summed E-state index contributed by atoms with van der Waals surface area (Å²) in [6.07, 6.45) is 3.43. The summed E-state index contributed by atoms with van der Waals surface area (Å²) in [5.41, 5.74) is 0. The number of hydrogen-bond donors (Lipinski definition) is 2. The van der Waals surface area contributed by atoms with E-state index in [2.05, 4.69) is 25.5 Å². The van der Waals surface area contributed by atoms with Crippen LogP contribution in [0.3, 0.4) is 0 Å². The number of anilines is 1. The number of urea groups is 1. The summed E-state index contributed by atoms with van der Waals surface area (Å²) in [5.74, 6) is 0.413. The lowest BCUT2D eigenvalue weighted by Crippen LogP contribution is -2.51. The number of hydrogen-bond acceptors (Lipinski definition) is 6. The van der Waals surface area contributed by atoms with Crippen LogP contribution in [0.15, 0.2) is 18.5 Å². The molecule has 8 heteroatoms. The van der Waals surface area contributed by atoms with Crippen LogP contribution in [0, 0.1) is 0 Å². The Morgan fingerprint density at radius 1 is 1.20 bits per heavy atom. The maximum atomic E-state index is 11.6. The molecule has 0 aromatic carbocycles. The van der Waals surface area contributed by atoms with Crippen molar-refractivity contribution in [2.75, 3.05) is 44.7 Å². The van der Waals surface area contributed by atoms with Gasteiger partial charge in [-0.15, -0.1) is 0 Å². The Kier molecular flexibility index (Phi) is 4.83. The number of piperazine rings is 1. The molecule has 1 fully saturated rings. The van der Waals surface area contributed by atoms with Crippen LogP contribution in [0.5, 0.6) is 0 Å². The van der Waals surface area contributed by atoms with Gasteiger partial charge in [-0.25, -0.2) is 14.8 Å². The summed E-state index contributed by atoms with van der Waals surface area (Å²) in [7, 11) is 1.47. The summed E-state index contributed by atoms with van der Waals surface area (Å²) in [4.78, 5) is 35.1. The molecule has 1 aromatic heterocycles. The molecule has 0 unspecified atom stereocenters. The average molecular weight is 278 g/mol. The van der Waals surface area contributed by atoms with Crippen LogP contribution in [0.4, 0.5) is 10.7 Å². The molecule has 0 radical (unpaired) electrons. The molecule has 1 saturated heterocycles. The topological polar surface area (TPSA) is 90.5 Å². The van der Waals surface area contributed by atoms with Crippen LogP contribution in [0.1, 0.15) is 0 Å². The molecule has 2 heterocycles. The molecule has 0 atom stereocenters. The van der Waals surface area contributed by atoms with Crippen LogP contribution < -0.4 is 15.5 Å². The second-order valence-corrected chi connectivity index (χ2v) is 4.44. The molecule has 1 aliphatic heterocycles. The zero-order valence-corrected chi connectivity index (χ0v) is 11.4. The van der Waals surface area contributed by atoms with Gasteiger partial charge in [0.1, 0.15) is 0 Å². The van der Waals surface area contributed by atoms with Crippen molar-refractivity contribution in [3.8, 4) is 0 Å². The number of aromatic nitrogens is 2. The molecule has 2 N–H and O–H groups in total. The SMILES string of the molecule is CNC(=O)NC(=O)CN1CCN(c2ncccn2)CC1. The van der Waals surface area contributed by atoms with Gasteiger partial charge in [0.05, 0.1) is 6.54 Å². The molecular formula is C12H18N6O2. The third-order valence-corrected chi connectivity index (χ3v) is 3.05. The third kappa shape index (κ3) is 3.89. The second-order valence-electron chi connectivity index (χ2n) is 4.44. The van der Waals surface area contributed by atoms with Crippen LogP contribution in [-0.2, 0) is 4.79 Å². The lowest BCUT2D eigenvalue weighted by Gasteiger charge is -2.34. The van der Waals surface area contributed by atoms with Gasteiger partial charge in [0, 0.05) is 45.6 Å². The maximum absolute atomic E-state index is 11.6. The number of amides is 3. The van der Waals surface area contributed by atoms with Gasteiger partial charge in [0.15, 0.2) is 0 Å². The quantitative estimate of drug-likeness (QED) is 0.741. The molecule has 0 spiro atoms. The van der Waals surface area contributed by atoms with Crippen molar-refractivity contribution in [1.82, 2.24) is 25.5 Å². The van der Waals surface area contributed by atoms with Crippen LogP contribution in [0.2, 0.25) is 0 Å². The fourth-order valence-corrected chi connectivity index (χ4v) is 1.99. The molecule has 108 valence electrons. The van der Waals surface area contributed by atoms with E-state index in [9.17, 15) is 9.59 Å². The highest BCUT2D eigenvalue weighted by Crippen LogP contribution is 2.09. The van der Waals surface area contributed by atoms with E-state index in [4.69, 9.17) is 0 Å². The number of imide groups is 1. The molecule has 1 aliphatic rings. The van der Waals surface area contributed by atoms with Crippen molar-refractivity contribution in [1.29, 1.82) is 0 Å². The predicted octanol–water partition coefficient (Wildman–Crippen LogP) is -0.946. The average Bonchev–Trinajstić information content (AvgIpc) is 2.48. The first-order chi connectivity index (χ1) is 9.69. The number of nitrogens with zero attached hydrogens (tertiary/aromatic N) is 4. The summed E-state index contributed by atoms with van der Waals surface area (Å²) in [6.45, 7) is 3.21. The Morgan fingerprint density at radius 3 is 2.45 bits per heavy atom. The normalized spacial score (nSPS) is 15.8. The third-order valence-electron chi connectivity index (χ3n) is 3.05. The second kappa shape index (κ2) is 6.80. The lowest BCUT2D eigenvalue weighted by molar-refractivity contribution is -0.121. The van der Waals surface area contributed by atoms with Gasteiger partial charge in [-0.2, -0.15) is 0 Å². The molecular weight excluding hydrogens is 260 g/mol. The Bertz CT molecular complexity index is 458. The van der Waals surface area contributed by atoms with Crippen molar-refractivity contribution in [3.05, 3.63) is 18.5 Å². The van der Waals surface area contributed by atoms with Gasteiger partial charge < -0.3 is 10.2 Å². The zero-order valence-electron chi connectivity index (χ0n) is 11.4. The van der Waals surface area contributed by atoms with Crippen LogP contribution in [-0.4, -0.2) is 66.6 Å². The van der Waals surface area contributed by atoms with E-state index in [1.165, 1.54) is 7.05 Å². The van der Waals surface area contributed by atoms with Gasteiger partial charge in [-0.05, 0) is 6.07 Å². The predicted molar refractivity (Wildman–Crippen MR) is 73.3 cm³/mol. The standard InChI is InChI=1S/C12H18N6O2/c1-13-12(20)16-10(19)9-17-5-7-18(8-6-17)11-14-3-2-4-15-11/h2-4H,5-9H2,1H3,(H2,13,16,19,20). The van der Waals surface area contributed by atoms with Gasteiger partial charge in [0.25, 0.3) is 0 Å². The van der Waals surface area contributed by atoms with E-state index in [0.29, 0.717) is 5.95 Å². The first kappa shape index (κ1) is 14.2. The van der Waals surface area contributed by atoms with E-state index >= 15 is 0 Å². The highest BCUT2D eigenvalue weighted by molar-refractivity contribution is 5.95. The highest BCUT2D eigenvalue weighted by atomic mass is 16.2. The molecule has 0 aliphatic carbocycles. The molecule has 3 amide bonds. The minimum atomic E-state index is -0.480. The number of carbonyl (C=O) groups excluding carboxylic acids is 2. The maximum Gasteiger partial charge on any atom is 0.321 e. The zero-order chi connectivity index (χ0) is 14.4. The number of carbonyl (C=O) groups is 2. The number of rotatable bonds is 3. The molecule has 1 aromatic rings. The van der Waals surface area contributed by atoms with Crippen LogP contribution >= 0.6 is 0 Å². The van der Waals surface area contributed by atoms with E-state index in [1.54, 1.807) is 18.5 Å². The molecule has 2 rings (SSSR count). The Labute approximate surface area is 117 Å². The summed E-state index contributed by atoms with van der Waals surface area (Å²) in [6, 6.07) is 1.30. The van der Waals surface area contributed by atoms with E-state index < -0.39 is 6.03 Å². The van der Waals surface area contributed by atoms with Gasteiger partial charge >= 0.3 is 6.03 Å². The summed E-state index contributed by atoms with van der Waals surface area (Å²) in [5, 5.41) is 4.60. The van der Waals surface area contributed by atoms with Gasteiger partial charge in [0.2, 0.25) is 11.9 Å². The monoisotopic (exact) mass is 278 g/mol. The lowest BCUT2D eigenvalue weighted by atomic mass is 10.3. The van der Waals surface area contributed by atoms with Crippen molar-refractivity contribution < 1.29 is 9.59 Å². The number of nitrogens with one attached hydrogen (secondary N) is 2. The largest absolute Gasteiger partial charge is 0.341 e. The molecule has 0 saturated carbocycles. The summed E-state index contributed by atoms with van der Waals surface area (Å²) >= 11 is 0. The molecule has 8 nitrogen and oxygen atoms in total. The van der Waals surface area contributed by atoms with Crippen molar-refractivity contribution >= 4 is 17.9 Å².